The number of benzene rings is 2. The van der Waals surface area contributed by atoms with Crippen LogP contribution in [0.25, 0.3) is 10.9 Å². The first-order valence-electron chi connectivity index (χ1n) is 6.10. The molecule has 0 aliphatic rings. The molecule has 1 N–H and O–H groups in total. The summed E-state index contributed by atoms with van der Waals surface area (Å²) >= 11 is 0. The number of carbonyl (C=O) groups is 1. The summed E-state index contributed by atoms with van der Waals surface area (Å²) in [6.45, 7) is 0.788. The number of fused-ring (bicyclic) bond motifs is 1. The van der Waals surface area contributed by atoms with Crippen LogP contribution in [0.5, 0.6) is 0 Å². The molecule has 1 heterocycles. The van der Waals surface area contributed by atoms with Crippen LogP contribution in [0.2, 0.25) is 0 Å². The largest absolute Gasteiger partial charge is 0.478 e. The summed E-state index contributed by atoms with van der Waals surface area (Å²) in [4.78, 5) is 10.9. The van der Waals surface area contributed by atoms with Gasteiger partial charge in [0.2, 0.25) is 0 Å². The summed E-state index contributed by atoms with van der Waals surface area (Å²) in [6.07, 6.45) is 1.99. The van der Waals surface area contributed by atoms with Gasteiger partial charge in [-0.15, -0.1) is 0 Å². The van der Waals surface area contributed by atoms with Crippen LogP contribution in [-0.2, 0) is 6.54 Å². The van der Waals surface area contributed by atoms with Gasteiger partial charge in [-0.05, 0) is 29.8 Å². The van der Waals surface area contributed by atoms with E-state index < -0.39 is 5.97 Å². The van der Waals surface area contributed by atoms with E-state index in [0.717, 1.165) is 17.4 Å². The number of nitrogens with zero attached hydrogens (tertiary/aromatic N) is 1. The third-order valence-electron chi connectivity index (χ3n) is 3.21. The average Bonchev–Trinajstić information content (AvgIpc) is 2.82. The highest BCUT2D eigenvalue weighted by Crippen LogP contribution is 2.19. The zero-order valence-electron chi connectivity index (χ0n) is 10.3. The molecule has 0 aliphatic heterocycles. The molecule has 94 valence electrons. The number of aromatic nitrogens is 1. The number of hydrogen-bond donors (Lipinski definition) is 1. The van der Waals surface area contributed by atoms with Gasteiger partial charge in [-0.25, -0.2) is 4.79 Å². The minimum Gasteiger partial charge on any atom is -0.478 e. The van der Waals surface area contributed by atoms with Crippen molar-refractivity contribution in [2.45, 2.75) is 6.54 Å². The lowest BCUT2D eigenvalue weighted by molar-refractivity contribution is 0.0697. The van der Waals surface area contributed by atoms with Crippen LogP contribution in [0, 0.1) is 0 Å². The Kier molecular flexibility index (Phi) is 2.80. The molecule has 3 nitrogen and oxygen atoms in total. The van der Waals surface area contributed by atoms with Crippen LogP contribution in [0.1, 0.15) is 15.9 Å². The van der Waals surface area contributed by atoms with Crippen molar-refractivity contribution in [2.75, 3.05) is 0 Å². The Hall–Kier alpha value is -2.55. The van der Waals surface area contributed by atoms with E-state index in [1.165, 1.54) is 5.56 Å². The molecule has 0 amide bonds. The zero-order chi connectivity index (χ0) is 13.2. The minimum atomic E-state index is -0.891. The van der Waals surface area contributed by atoms with Crippen molar-refractivity contribution in [1.82, 2.24) is 4.57 Å². The maximum Gasteiger partial charge on any atom is 0.335 e. The molecule has 0 saturated carbocycles. The van der Waals surface area contributed by atoms with E-state index in [4.69, 9.17) is 5.11 Å². The number of carboxylic acid groups (broad SMARTS) is 1. The van der Waals surface area contributed by atoms with Gasteiger partial charge in [0.1, 0.15) is 0 Å². The van der Waals surface area contributed by atoms with Gasteiger partial charge >= 0.3 is 5.97 Å². The van der Waals surface area contributed by atoms with E-state index >= 15 is 0 Å². The summed E-state index contributed by atoms with van der Waals surface area (Å²) in [7, 11) is 0. The summed E-state index contributed by atoms with van der Waals surface area (Å²) in [6, 6.07) is 17.4. The SMILES string of the molecule is O=C(O)c1ccc2c(ccn2Cc2ccccc2)c1. The van der Waals surface area contributed by atoms with Gasteiger partial charge in [-0.2, -0.15) is 0 Å². The zero-order valence-corrected chi connectivity index (χ0v) is 10.3. The Labute approximate surface area is 110 Å². The predicted octanol–water partition coefficient (Wildman–Crippen LogP) is 3.39. The second-order valence-corrected chi connectivity index (χ2v) is 4.51. The highest BCUT2D eigenvalue weighted by molar-refractivity contribution is 5.93. The van der Waals surface area contributed by atoms with Gasteiger partial charge in [0, 0.05) is 23.6 Å². The van der Waals surface area contributed by atoms with Crippen molar-refractivity contribution in [2.24, 2.45) is 0 Å². The van der Waals surface area contributed by atoms with E-state index in [1.807, 2.05) is 36.5 Å². The molecule has 2 aromatic carbocycles. The second kappa shape index (κ2) is 4.61. The van der Waals surface area contributed by atoms with Crippen LogP contribution >= 0.6 is 0 Å². The standard InChI is InChI=1S/C16H13NO2/c18-16(19)14-6-7-15-13(10-14)8-9-17(15)11-12-4-2-1-3-5-12/h1-10H,11H2,(H,18,19). The van der Waals surface area contributed by atoms with E-state index in [0.29, 0.717) is 5.56 Å². The third kappa shape index (κ3) is 2.22. The normalized spacial score (nSPS) is 10.7. The fourth-order valence-corrected chi connectivity index (χ4v) is 2.25. The van der Waals surface area contributed by atoms with Gasteiger partial charge in [0.05, 0.1) is 5.56 Å². The lowest BCUT2D eigenvalue weighted by Crippen LogP contribution is -1.98. The first-order chi connectivity index (χ1) is 9.24. The number of carboxylic acids is 1. The summed E-state index contributed by atoms with van der Waals surface area (Å²) in [5, 5.41) is 9.93. The fourth-order valence-electron chi connectivity index (χ4n) is 2.25. The molecular weight excluding hydrogens is 238 g/mol. The average molecular weight is 251 g/mol. The smallest absolute Gasteiger partial charge is 0.335 e. The molecule has 0 aliphatic carbocycles. The summed E-state index contributed by atoms with van der Waals surface area (Å²) in [5.41, 5.74) is 2.60. The highest BCUT2D eigenvalue weighted by atomic mass is 16.4. The van der Waals surface area contributed by atoms with Crippen LogP contribution < -0.4 is 0 Å². The Morgan fingerprint density at radius 1 is 1.05 bits per heavy atom. The maximum absolute atomic E-state index is 10.9. The topological polar surface area (TPSA) is 42.2 Å². The molecule has 3 rings (SSSR count). The Balaban J connectivity index is 1.99. The van der Waals surface area contributed by atoms with Crippen LogP contribution in [0.3, 0.4) is 0 Å². The Bertz CT molecular complexity index is 729. The lowest BCUT2D eigenvalue weighted by Gasteiger charge is -2.05. The van der Waals surface area contributed by atoms with Gasteiger partial charge in [-0.3, -0.25) is 0 Å². The monoisotopic (exact) mass is 251 g/mol. The molecule has 0 unspecified atom stereocenters. The molecule has 3 aromatic rings. The van der Waals surface area contributed by atoms with Crippen molar-refractivity contribution >= 4 is 16.9 Å². The van der Waals surface area contributed by atoms with Crippen LogP contribution in [0.4, 0.5) is 0 Å². The number of hydrogen-bond acceptors (Lipinski definition) is 1. The van der Waals surface area contributed by atoms with E-state index in [1.54, 1.807) is 12.1 Å². The van der Waals surface area contributed by atoms with E-state index in [9.17, 15) is 4.79 Å². The molecule has 0 radical (unpaired) electrons. The number of rotatable bonds is 3. The maximum atomic E-state index is 10.9. The second-order valence-electron chi connectivity index (χ2n) is 4.51. The first-order valence-corrected chi connectivity index (χ1v) is 6.10. The molecular formula is C16H13NO2. The molecule has 0 atom stereocenters. The van der Waals surface area contributed by atoms with Crippen molar-refractivity contribution in [3.63, 3.8) is 0 Å². The summed E-state index contributed by atoms with van der Waals surface area (Å²) in [5.74, 6) is -0.891. The summed E-state index contributed by atoms with van der Waals surface area (Å²) < 4.78 is 2.12. The first kappa shape index (κ1) is 11.5. The molecule has 3 heteroatoms. The quantitative estimate of drug-likeness (QED) is 0.775. The Morgan fingerprint density at radius 2 is 1.84 bits per heavy atom. The van der Waals surface area contributed by atoms with Crippen molar-refractivity contribution in [3.05, 3.63) is 71.9 Å². The van der Waals surface area contributed by atoms with Gasteiger partial charge in [0.15, 0.2) is 0 Å². The number of aromatic carboxylic acids is 1. The minimum absolute atomic E-state index is 0.324. The van der Waals surface area contributed by atoms with Crippen molar-refractivity contribution < 1.29 is 9.90 Å². The van der Waals surface area contributed by atoms with E-state index in [-0.39, 0.29) is 0 Å². The molecule has 0 spiro atoms. The molecule has 0 saturated heterocycles. The van der Waals surface area contributed by atoms with Gasteiger partial charge in [-0.1, -0.05) is 30.3 Å². The fraction of sp³-hybridized carbons (Fsp3) is 0.0625. The highest BCUT2D eigenvalue weighted by Gasteiger charge is 2.06. The Morgan fingerprint density at radius 3 is 2.58 bits per heavy atom. The lowest BCUT2D eigenvalue weighted by atomic mass is 10.1. The van der Waals surface area contributed by atoms with Crippen molar-refractivity contribution in [1.29, 1.82) is 0 Å². The predicted molar refractivity (Wildman–Crippen MR) is 74.4 cm³/mol. The van der Waals surface area contributed by atoms with Crippen LogP contribution in [0.15, 0.2) is 60.8 Å². The molecule has 0 fully saturated rings. The van der Waals surface area contributed by atoms with Crippen LogP contribution in [-0.4, -0.2) is 15.6 Å². The molecule has 19 heavy (non-hydrogen) atoms. The van der Waals surface area contributed by atoms with E-state index in [2.05, 4.69) is 16.7 Å². The molecule has 0 bridgehead atoms. The van der Waals surface area contributed by atoms with Gasteiger partial charge < -0.3 is 9.67 Å². The third-order valence-corrected chi connectivity index (χ3v) is 3.21. The molecule has 1 aromatic heterocycles. The van der Waals surface area contributed by atoms with Gasteiger partial charge in [0.25, 0.3) is 0 Å². The van der Waals surface area contributed by atoms with Crippen molar-refractivity contribution in [3.8, 4) is 0 Å².